The van der Waals surface area contributed by atoms with Gasteiger partial charge in [0.1, 0.15) is 0 Å². The molecule has 1 fully saturated rings. The number of nitrogens with two attached hydrogens (primary N) is 1. The second-order valence-electron chi connectivity index (χ2n) is 6.64. The van der Waals surface area contributed by atoms with Crippen LogP contribution in [0.5, 0.6) is 0 Å². The van der Waals surface area contributed by atoms with E-state index in [1.807, 2.05) is 0 Å². The van der Waals surface area contributed by atoms with Gasteiger partial charge in [0.05, 0.1) is 0 Å². The summed E-state index contributed by atoms with van der Waals surface area (Å²) in [6, 6.07) is 12.6. The smallest absolute Gasteiger partial charge is 0.321 e. The molecule has 8 nitrogen and oxygen atoms in total. The molecule has 0 aromatic heterocycles. The molecule has 29 heavy (non-hydrogen) atoms. The Morgan fingerprint density at radius 2 is 1.55 bits per heavy atom. The van der Waals surface area contributed by atoms with Gasteiger partial charge in [-0.2, -0.15) is 0 Å². The van der Waals surface area contributed by atoms with E-state index < -0.39 is 6.03 Å². The molecule has 5 amide bonds. The first-order chi connectivity index (χ1) is 13.9. The Balaban J connectivity index is 1.58. The van der Waals surface area contributed by atoms with Gasteiger partial charge in [-0.05, 0) is 48.9 Å². The number of urea groups is 2. The molecule has 0 aliphatic carbocycles. The predicted molar refractivity (Wildman–Crippen MR) is 112 cm³/mol. The summed E-state index contributed by atoms with van der Waals surface area (Å²) in [6.45, 7) is 1.97. The van der Waals surface area contributed by atoms with Crippen molar-refractivity contribution in [3.63, 3.8) is 0 Å². The largest absolute Gasteiger partial charge is 0.351 e. The van der Waals surface area contributed by atoms with Crippen LogP contribution in [-0.4, -0.2) is 53.9 Å². The molecule has 0 bridgehead atoms. The number of amides is 5. The van der Waals surface area contributed by atoms with Crippen LogP contribution in [0, 0.1) is 0 Å². The van der Waals surface area contributed by atoms with E-state index in [0.29, 0.717) is 54.6 Å². The summed E-state index contributed by atoms with van der Waals surface area (Å²) < 4.78 is 0. The summed E-state index contributed by atoms with van der Waals surface area (Å²) in [5.74, 6) is -0.118. The Hall–Kier alpha value is -3.26. The van der Waals surface area contributed by atoms with E-state index in [-0.39, 0.29) is 11.9 Å². The number of anilines is 2. The van der Waals surface area contributed by atoms with Gasteiger partial charge in [0.15, 0.2) is 0 Å². The number of carbonyl (C=O) groups excluding carboxylic acids is 3. The van der Waals surface area contributed by atoms with Gasteiger partial charge in [-0.3, -0.25) is 4.79 Å². The first kappa shape index (κ1) is 20.5. The van der Waals surface area contributed by atoms with Gasteiger partial charge in [0.2, 0.25) is 0 Å². The standard InChI is InChI=1S/C20H22ClN5O3/c21-15-3-1-4-17(13-15)24-20(29)26-10-2-9-25(11-12-26)18(27)14-5-7-16(8-6-14)23-19(22)28/h1,3-8,13H,2,9-12H2,(H,24,29)(H3,22,23,28). The molecule has 1 saturated heterocycles. The van der Waals surface area contributed by atoms with Crippen molar-refractivity contribution in [2.45, 2.75) is 6.42 Å². The van der Waals surface area contributed by atoms with Crippen molar-refractivity contribution in [1.82, 2.24) is 9.80 Å². The van der Waals surface area contributed by atoms with Crippen molar-refractivity contribution in [2.75, 3.05) is 36.8 Å². The highest BCUT2D eigenvalue weighted by Gasteiger charge is 2.23. The maximum absolute atomic E-state index is 12.8. The number of hydrogen-bond donors (Lipinski definition) is 3. The van der Waals surface area contributed by atoms with E-state index in [9.17, 15) is 14.4 Å². The Labute approximate surface area is 173 Å². The van der Waals surface area contributed by atoms with E-state index in [4.69, 9.17) is 17.3 Å². The Morgan fingerprint density at radius 3 is 2.24 bits per heavy atom. The minimum Gasteiger partial charge on any atom is -0.351 e. The predicted octanol–water partition coefficient (Wildman–Crippen LogP) is 3.21. The molecule has 9 heteroatoms. The number of nitrogens with one attached hydrogen (secondary N) is 2. The molecule has 3 rings (SSSR count). The lowest BCUT2D eigenvalue weighted by Gasteiger charge is -2.22. The number of carbonyl (C=O) groups is 3. The normalized spacial score (nSPS) is 14.1. The van der Waals surface area contributed by atoms with Crippen LogP contribution < -0.4 is 16.4 Å². The number of halogens is 1. The molecule has 4 N–H and O–H groups in total. The third-order valence-corrected chi connectivity index (χ3v) is 4.78. The minimum absolute atomic E-state index is 0.118. The zero-order valence-corrected chi connectivity index (χ0v) is 16.5. The SMILES string of the molecule is NC(=O)Nc1ccc(C(=O)N2CCCN(C(=O)Nc3cccc(Cl)c3)CC2)cc1. The first-order valence-corrected chi connectivity index (χ1v) is 9.57. The summed E-state index contributed by atoms with van der Waals surface area (Å²) in [7, 11) is 0. The molecule has 0 spiro atoms. The Bertz CT molecular complexity index is 903. The third kappa shape index (κ3) is 5.61. The topological polar surface area (TPSA) is 108 Å². The lowest BCUT2D eigenvalue weighted by atomic mass is 10.1. The second-order valence-corrected chi connectivity index (χ2v) is 7.08. The fraction of sp³-hybridized carbons (Fsp3) is 0.250. The van der Waals surface area contributed by atoms with Gasteiger partial charge in [0.25, 0.3) is 5.91 Å². The third-order valence-electron chi connectivity index (χ3n) is 4.55. The van der Waals surface area contributed by atoms with E-state index in [1.54, 1.807) is 58.3 Å². The van der Waals surface area contributed by atoms with Gasteiger partial charge in [-0.25, -0.2) is 9.59 Å². The summed E-state index contributed by atoms with van der Waals surface area (Å²) in [5.41, 5.74) is 6.74. The van der Waals surface area contributed by atoms with Crippen LogP contribution >= 0.6 is 11.6 Å². The average Bonchev–Trinajstić information content (AvgIpc) is 2.94. The number of hydrogen-bond acceptors (Lipinski definition) is 3. The number of nitrogens with zero attached hydrogens (tertiary/aromatic N) is 2. The summed E-state index contributed by atoms with van der Waals surface area (Å²) in [6.07, 6.45) is 0.677. The Morgan fingerprint density at radius 1 is 0.862 bits per heavy atom. The lowest BCUT2D eigenvalue weighted by Crippen LogP contribution is -2.39. The van der Waals surface area contributed by atoms with Crippen LogP contribution in [0.4, 0.5) is 21.0 Å². The molecular weight excluding hydrogens is 394 g/mol. The minimum atomic E-state index is -0.660. The molecular formula is C20H22ClN5O3. The molecule has 1 heterocycles. The van der Waals surface area contributed by atoms with Crippen LogP contribution in [0.1, 0.15) is 16.8 Å². The molecule has 152 valence electrons. The lowest BCUT2D eigenvalue weighted by molar-refractivity contribution is 0.0762. The molecule has 0 unspecified atom stereocenters. The average molecular weight is 416 g/mol. The zero-order chi connectivity index (χ0) is 20.8. The molecule has 1 aliphatic heterocycles. The van der Waals surface area contributed by atoms with Crippen LogP contribution in [0.25, 0.3) is 0 Å². The maximum atomic E-state index is 12.8. The van der Waals surface area contributed by atoms with Crippen LogP contribution in [0.15, 0.2) is 48.5 Å². The summed E-state index contributed by atoms with van der Waals surface area (Å²) in [5, 5.41) is 5.84. The van der Waals surface area contributed by atoms with E-state index in [2.05, 4.69) is 10.6 Å². The van der Waals surface area contributed by atoms with Crippen LogP contribution in [-0.2, 0) is 0 Å². The number of rotatable bonds is 3. The molecule has 2 aromatic rings. The van der Waals surface area contributed by atoms with Gasteiger partial charge in [-0.1, -0.05) is 17.7 Å². The van der Waals surface area contributed by atoms with Gasteiger partial charge in [-0.15, -0.1) is 0 Å². The summed E-state index contributed by atoms with van der Waals surface area (Å²) in [4.78, 5) is 39.6. The van der Waals surface area contributed by atoms with Gasteiger partial charge >= 0.3 is 12.1 Å². The van der Waals surface area contributed by atoms with Gasteiger partial charge in [0, 0.05) is 48.1 Å². The van der Waals surface area contributed by atoms with E-state index in [0.717, 1.165) is 0 Å². The van der Waals surface area contributed by atoms with Crippen molar-refractivity contribution in [2.24, 2.45) is 5.73 Å². The Kier molecular flexibility index (Phi) is 6.56. The van der Waals surface area contributed by atoms with Gasteiger partial charge < -0.3 is 26.2 Å². The van der Waals surface area contributed by atoms with Crippen molar-refractivity contribution in [3.05, 3.63) is 59.1 Å². The fourth-order valence-electron chi connectivity index (χ4n) is 3.11. The van der Waals surface area contributed by atoms with Crippen molar-refractivity contribution >= 4 is 40.9 Å². The summed E-state index contributed by atoms with van der Waals surface area (Å²) >= 11 is 5.95. The molecule has 0 saturated carbocycles. The second kappa shape index (κ2) is 9.29. The first-order valence-electron chi connectivity index (χ1n) is 9.19. The molecule has 1 aliphatic rings. The van der Waals surface area contributed by atoms with Crippen molar-refractivity contribution in [1.29, 1.82) is 0 Å². The van der Waals surface area contributed by atoms with Crippen molar-refractivity contribution in [3.8, 4) is 0 Å². The highest BCUT2D eigenvalue weighted by Crippen LogP contribution is 2.17. The monoisotopic (exact) mass is 415 g/mol. The number of primary amides is 1. The van der Waals surface area contributed by atoms with E-state index >= 15 is 0 Å². The fourth-order valence-corrected chi connectivity index (χ4v) is 3.30. The van der Waals surface area contributed by atoms with Crippen LogP contribution in [0.3, 0.4) is 0 Å². The highest BCUT2D eigenvalue weighted by molar-refractivity contribution is 6.30. The number of benzene rings is 2. The zero-order valence-electron chi connectivity index (χ0n) is 15.7. The molecule has 2 aromatic carbocycles. The van der Waals surface area contributed by atoms with E-state index in [1.165, 1.54) is 0 Å². The highest BCUT2D eigenvalue weighted by atomic mass is 35.5. The quantitative estimate of drug-likeness (QED) is 0.716. The van der Waals surface area contributed by atoms with Crippen molar-refractivity contribution < 1.29 is 14.4 Å². The van der Waals surface area contributed by atoms with Crippen LogP contribution in [0.2, 0.25) is 5.02 Å². The maximum Gasteiger partial charge on any atom is 0.321 e. The molecule has 0 atom stereocenters. The molecule has 0 radical (unpaired) electrons.